The summed E-state index contributed by atoms with van der Waals surface area (Å²) in [5.74, 6) is 0.420. The van der Waals surface area contributed by atoms with E-state index in [9.17, 15) is 9.59 Å². The van der Waals surface area contributed by atoms with Gasteiger partial charge in [0.1, 0.15) is 5.75 Å². The third-order valence-corrected chi connectivity index (χ3v) is 4.55. The molecule has 1 aromatic heterocycles. The number of rotatable bonds is 8. The van der Waals surface area contributed by atoms with Gasteiger partial charge in [0, 0.05) is 25.9 Å². The van der Waals surface area contributed by atoms with Crippen LogP contribution in [-0.4, -0.2) is 48.2 Å². The minimum atomic E-state index is -0.314. The van der Waals surface area contributed by atoms with E-state index in [1.165, 1.54) is 0 Å². The zero-order valence-corrected chi connectivity index (χ0v) is 16.3. The number of hydrogen-bond acceptors (Lipinski definition) is 5. The molecule has 0 saturated heterocycles. The van der Waals surface area contributed by atoms with Gasteiger partial charge in [-0.3, -0.25) is 9.59 Å². The largest absolute Gasteiger partial charge is 0.494 e. The van der Waals surface area contributed by atoms with Crippen LogP contribution < -0.4 is 15.4 Å². The number of nitrogens with one attached hydrogen (secondary N) is 2. The van der Waals surface area contributed by atoms with Gasteiger partial charge in [-0.1, -0.05) is 0 Å². The van der Waals surface area contributed by atoms with Gasteiger partial charge in [0.25, 0.3) is 11.8 Å². The molecule has 0 atom stereocenters. The molecule has 2 heterocycles. The normalized spacial score (nSPS) is 12.9. The van der Waals surface area contributed by atoms with Crippen LogP contribution in [0.4, 0.5) is 5.69 Å². The van der Waals surface area contributed by atoms with Crippen LogP contribution in [0.15, 0.2) is 24.3 Å². The van der Waals surface area contributed by atoms with Crippen molar-refractivity contribution in [3.63, 3.8) is 0 Å². The van der Waals surface area contributed by atoms with E-state index in [1.54, 1.807) is 31.4 Å². The standard InChI is InChI=1S/C20H26N4O4/c1-3-28-15-9-7-14(8-10-15)22-19(25)17-16-6-4-5-12-24(16)18(23-17)20(26)21-11-13-27-2/h7-10H,3-6,11-13H2,1-2H3,(H,21,26)(H,22,25). The number of amides is 2. The molecule has 2 N–H and O–H groups in total. The number of fused-ring (bicyclic) bond motifs is 1. The number of hydrogen-bond donors (Lipinski definition) is 2. The van der Waals surface area contributed by atoms with E-state index in [4.69, 9.17) is 9.47 Å². The molecule has 3 rings (SSSR count). The van der Waals surface area contributed by atoms with E-state index in [1.807, 2.05) is 11.5 Å². The second-order valence-corrected chi connectivity index (χ2v) is 6.50. The summed E-state index contributed by atoms with van der Waals surface area (Å²) in [6, 6.07) is 7.17. The van der Waals surface area contributed by atoms with E-state index >= 15 is 0 Å². The molecule has 2 aromatic rings. The molecule has 2 amide bonds. The fourth-order valence-corrected chi connectivity index (χ4v) is 3.24. The first-order chi connectivity index (χ1) is 13.6. The highest BCUT2D eigenvalue weighted by Crippen LogP contribution is 2.23. The summed E-state index contributed by atoms with van der Waals surface area (Å²) in [5, 5.41) is 5.64. The molecule has 0 unspecified atom stereocenters. The Bertz CT molecular complexity index is 829. The predicted octanol–water partition coefficient (Wildman–Crippen LogP) is 2.25. The Balaban J connectivity index is 1.78. The van der Waals surface area contributed by atoms with Crippen LogP contribution in [0, 0.1) is 0 Å². The molecule has 0 bridgehead atoms. The molecule has 1 aliphatic rings. The Hall–Kier alpha value is -2.87. The lowest BCUT2D eigenvalue weighted by atomic mass is 10.1. The number of anilines is 1. The van der Waals surface area contributed by atoms with Crippen molar-refractivity contribution in [2.24, 2.45) is 0 Å². The third-order valence-electron chi connectivity index (χ3n) is 4.55. The van der Waals surface area contributed by atoms with Crippen molar-refractivity contribution in [2.75, 3.05) is 32.2 Å². The molecule has 150 valence electrons. The second-order valence-electron chi connectivity index (χ2n) is 6.50. The highest BCUT2D eigenvalue weighted by Gasteiger charge is 2.27. The number of carbonyl (C=O) groups is 2. The lowest BCUT2D eigenvalue weighted by Crippen LogP contribution is -2.30. The van der Waals surface area contributed by atoms with Crippen LogP contribution in [0.5, 0.6) is 5.75 Å². The fourth-order valence-electron chi connectivity index (χ4n) is 3.24. The number of carbonyl (C=O) groups excluding carboxylic acids is 2. The maximum Gasteiger partial charge on any atom is 0.287 e. The van der Waals surface area contributed by atoms with Crippen molar-refractivity contribution < 1.29 is 19.1 Å². The monoisotopic (exact) mass is 386 g/mol. The molecule has 0 spiro atoms. The minimum Gasteiger partial charge on any atom is -0.494 e. The van der Waals surface area contributed by atoms with Gasteiger partial charge < -0.3 is 24.7 Å². The molecule has 0 aliphatic carbocycles. The van der Waals surface area contributed by atoms with Crippen molar-refractivity contribution in [3.05, 3.63) is 41.5 Å². The van der Waals surface area contributed by atoms with Crippen molar-refractivity contribution in [2.45, 2.75) is 32.7 Å². The lowest BCUT2D eigenvalue weighted by Gasteiger charge is -2.17. The number of ether oxygens (including phenoxy) is 2. The van der Waals surface area contributed by atoms with Crippen LogP contribution in [0.2, 0.25) is 0 Å². The molecule has 0 saturated carbocycles. The molecule has 8 heteroatoms. The Morgan fingerprint density at radius 2 is 1.96 bits per heavy atom. The van der Waals surface area contributed by atoms with Crippen LogP contribution in [0.1, 0.15) is 46.6 Å². The van der Waals surface area contributed by atoms with Crippen molar-refractivity contribution in [1.82, 2.24) is 14.9 Å². The summed E-state index contributed by atoms with van der Waals surface area (Å²) in [6.45, 7) is 4.00. The van der Waals surface area contributed by atoms with Gasteiger partial charge in [-0.2, -0.15) is 0 Å². The van der Waals surface area contributed by atoms with Gasteiger partial charge in [-0.05, 0) is 50.5 Å². The molecule has 0 radical (unpaired) electrons. The number of methoxy groups -OCH3 is 1. The molecule has 1 aliphatic heterocycles. The predicted molar refractivity (Wildman–Crippen MR) is 105 cm³/mol. The molecule has 28 heavy (non-hydrogen) atoms. The average Bonchev–Trinajstić information content (AvgIpc) is 3.10. The first kappa shape index (κ1) is 19.9. The SMILES string of the molecule is CCOc1ccc(NC(=O)c2nc(C(=O)NCCOC)n3c2CCCC3)cc1. The highest BCUT2D eigenvalue weighted by molar-refractivity contribution is 6.05. The Kier molecular flexibility index (Phi) is 6.65. The van der Waals surface area contributed by atoms with E-state index in [0.717, 1.165) is 30.7 Å². The van der Waals surface area contributed by atoms with Crippen LogP contribution in [0.3, 0.4) is 0 Å². The maximum atomic E-state index is 12.8. The van der Waals surface area contributed by atoms with Crippen molar-refractivity contribution >= 4 is 17.5 Å². The van der Waals surface area contributed by atoms with Gasteiger partial charge in [0.05, 0.1) is 18.9 Å². The zero-order valence-electron chi connectivity index (χ0n) is 16.3. The molecular formula is C20H26N4O4. The summed E-state index contributed by atoms with van der Waals surface area (Å²) < 4.78 is 12.2. The topological polar surface area (TPSA) is 94.5 Å². The van der Waals surface area contributed by atoms with Crippen LogP contribution in [-0.2, 0) is 17.7 Å². The Labute approximate surface area is 164 Å². The number of nitrogens with zero attached hydrogens (tertiary/aromatic N) is 2. The third kappa shape index (κ3) is 4.51. The number of imidazole rings is 1. The lowest BCUT2D eigenvalue weighted by molar-refractivity contribution is 0.0921. The van der Waals surface area contributed by atoms with E-state index in [-0.39, 0.29) is 17.6 Å². The molecule has 1 aromatic carbocycles. The highest BCUT2D eigenvalue weighted by atomic mass is 16.5. The van der Waals surface area contributed by atoms with Gasteiger partial charge >= 0.3 is 0 Å². The number of aromatic nitrogens is 2. The van der Waals surface area contributed by atoms with Crippen LogP contribution in [0.25, 0.3) is 0 Å². The van der Waals surface area contributed by atoms with Crippen molar-refractivity contribution in [3.8, 4) is 5.75 Å². The summed E-state index contributed by atoms with van der Waals surface area (Å²) >= 11 is 0. The van der Waals surface area contributed by atoms with E-state index < -0.39 is 0 Å². The van der Waals surface area contributed by atoms with Gasteiger partial charge in [0.2, 0.25) is 0 Å². The number of benzene rings is 1. The maximum absolute atomic E-state index is 12.8. The smallest absolute Gasteiger partial charge is 0.287 e. The van der Waals surface area contributed by atoms with Gasteiger partial charge in [0.15, 0.2) is 11.5 Å². The first-order valence-corrected chi connectivity index (χ1v) is 9.54. The Morgan fingerprint density at radius 1 is 1.18 bits per heavy atom. The van der Waals surface area contributed by atoms with Gasteiger partial charge in [-0.15, -0.1) is 0 Å². The molecular weight excluding hydrogens is 360 g/mol. The van der Waals surface area contributed by atoms with Crippen LogP contribution >= 0.6 is 0 Å². The zero-order chi connectivity index (χ0) is 19.9. The van der Waals surface area contributed by atoms with E-state index in [0.29, 0.717) is 37.7 Å². The van der Waals surface area contributed by atoms with Gasteiger partial charge in [-0.25, -0.2) is 4.98 Å². The quantitative estimate of drug-likeness (QED) is 0.679. The summed E-state index contributed by atoms with van der Waals surface area (Å²) in [7, 11) is 1.58. The van der Waals surface area contributed by atoms with E-state index in [2.05, 4.69) is 15.6 Å². The summed E-state index contributed by atoms with van der Waals surface area (Å²) in [6.07, 6.45) is 2.66. The Morgan fingerprint density at radius 3 is 2.68 bits per heavy atom. The van der Waals surface area contributed by atoms with Crippen molar-refractivity contribution in [1.29, 1.82) is 0 Å². The second kappa shape index (κ2) is 9.36. The summed E-state index contributed by atoms with van der Waals surface area (Å²) in [5.41, 5.74) is 1.77. The summed E-state index contributed by atoms with van der Waals surface area (Å²) in [4.78, 5) is 29.7. The first-order valence-electron chi connectivity index (χ1n) is 9.54. The fraction of sp³-hybridized carbons (Fsp3) is 0.450. The molecule has 8 nitrogen and oxygen atoms in total. The molecule has 0 fully saturated rings. The average molecular weight is 386 g/mol. The minimum absolute atomic E-state index is 0.280.